The number of imidazole rings is 1. The first-order valence-electron chi connectivity index (χ1n) is 8.51. The maximum Gasteiger partial charge on any atom is 0.245 e. The summed E-state index contributed by atoms with van der Waals surface area (Å²) in [5.74, 6) is 1.59. The fraction of sp³-hybridized carbons (Fsp3) is 0.688. The average Bonchev–Trinajstić information content (AvgIpc) is 3.07. The van der Waals surface area contributed by atoms with Crippen molar-refractivity contribution in [1.29, 1.82) is 0 Å². The summed E-state index contributed by atoms with van der Waals surface area (Å²) in [5, 5.41) is 12.5. The van der Waals surface area contributed by atoms with Gasteiger partial charge < -0.3 is 20.1 Å². The maximum absolute atomic E-state index is 9.33. The Kier molecular flexibility index (Phi) is 5.27. The van der Waals surface area contributed by atoms with Gasteiger partial charge in [0.1, 0.15) is 5.52 Å². The van der Waals surface area contributed by atoms with Crippen molar-refractivity contribution < 1.29 is 9.84 Å². The first kappa shape index (κ1) is 16.0. The van der Waals surface area contributed by atoms with Crippen molar-refractivity contribution in [3.63, 3.8) is 0 Å². The zero-order chi connectivity index (χ0) is 16.1. The van der Waals surface area contributed by atoms with Gasteiger partial charge in [-0.1, -0.05) is 26.2 Å². The molecule has 0 aromatic carbocycles. The quantitative estimate of drug-likeness (QED) is 0.725. The highest BCUT2D eigenvalue weighted by Gasteiger charge is 2.17. The number of fused-ring (bicyclic) bond motifs is 1. The van der Waals surface area contributed by atoms with E-state index in [4.69, 9.17) is 4.74 Å². The number of hydrogen-bond donors (Lipinski definition) is 3. The van der Waals surface area contributed by atoms with Crippen molar-refractivity contribution in [2.75, 3.05) is 18.5 Å². The molecular formula is C16H25N5O2. The van der Waals surface area contributed by atoms with E-state index < -0.39 is 0 Å². The Morgan fingerprint density at radius 3 is 2.91 bits per heavy atom. The summed E-state index contributed by atoms with van der Waals surface area (Å²) < 4.78 is 5.98. The second-order valence-corrected chi connectivity index (χ2v) is 6.20. The van der Waals surface area contributed by atoms with Crippen molar-refractivity contribution >= 4 is 17.1 Å². The van der Waals surface area contributed by atoms with Crippen LogP contribution in [0.5, 0.6) is 5.88 Å². The molecule has 1 aliphatic rings. The van der Waals surface area contributed by atoms with Gasteiger partial charge >= 0.3 is 0 Å². The molecule has 23 heavy (non-hydrogen) atoms. The fourth-order valence-corrected chi connectivity index (χ4v) is 2.99. The number of aliphatic hydroxyl groups excluding tert-OH is 1. The van der Waals surface area contributed by atoms with E-state index in [0.717, 1.165) is 11.9 Å². The van der Waals surface area contributed by atoms with Crippen LogP contribution in [-0.2, 0) is 0 Å². The molecule has 2 aromatic heterocycles. The van der Waals surface area contributed by atoms with Gasteiger partial charge in [0.15, 0.2) is 5.65 Å². The second kappa shape index (κ2) is 7.59. The van der Waals surface area contributed by atoms with Crippen LogP contribution in [0.3, 0.4) is 0 Å². The summed E-state index contributed by atoms with van der Waals surface area (Å²) in [7, 11) is 0. The Hall–Kier alpha value is -1.89. The van der Waals surface area contributed by atoms with Crippen molar-refractivity contribution in [3.05, 3.63) is 6.33 Å². The normalized spacial score (nSPS) is 17.3. The first-order valence-corrected chi connectivity index (χ1v) is 8.51. The third kappa shape index (κ3) is 3.90. The molecule has 2 heterocycles. The highest BCUT2D eigenvalue weighted by Crippen LogP contribution is 2.26. The third-order valence-electron chi connectivity index (χ3n) is 4.48. The van der Waals surface area contributed by atoms with E-state index in [9.17, 15) is 5.11 Å². The molecule has 0 unspecified atom stereocenters. The van der Waals surface area contributed by atoms with Gasteiger partial charge in [-0.2, -0.15) is 9.97 Å². The number of ether oxygens (including phenoxy) is 1. The maximum atomic E-state index is 9.33. The van der Waals surface area contributed by atoms with Crippen LogP contribution < -0.4 is 10.1 Å². The molecule has 0 saturated heterocycles. The summed E-state index contributed by atoms with van der Waals surface area (Å²) in [5.41, 5.74) is 1.30. The number of nitrogens with zero attached hydrogens (tertiary/aromatic N) is 3. The van der Waals surface area contributed by atoms with E-state index >= 15 is 0 Å². The van der Waals surface area contributed by atoms with Gasteiger partial charge in [0, 0.05) is 0 Å². The molecule has 126 valence electrons. The van der Waals surface area contributed by atoms with E-state index in [1.807, 2.05) is 6.92 Å². The number of aliphatic hydroxyl groups is 1. The number of hydrogen-bond acceptors (Lipinski definition) is 6. The average molecular weight is 319 g/mol. The highest BCUT2D eigenvalue weighted by atomic mass is 16.5. The van der Waals surface area contributed by atoms with Gasteiger partial charge in [0.25, 0.3) is 0 Å². The van der Waals surface area contributed by atoms with Crippen LogP contribution in [0.2, 0.25) is 0 Å². The summed E-state index contributed by atoms with van der Waals surface area (Å²) >= 11 is 0. The molecule has 1 aliphatic carbocycles. The van der Waals surface area contributed by atoms with Gasteiger partial charge in [-0.25, -0.2) is 4.98 Å². The van der Waals surface area contributed by atoms with Crippen LogP contribution in [0.4, 0.5) is 5.95 Å². The van der Waals surface area contributed by atoms with Crippen molar-refractivity contribution in [1.82, 2.24) is 19.9 Å². The summed E-state index contributed by atoms with van der Waals surface area (Å²) in [6.45, 7) is 2.72. The first-order chi connectivity index (χ1) is 11.3. The van der Waals surface area contributed by atoms with Crippen molar-refractivity contribution in [3.8, 4) is 5.88 Å². The molecule has 0 amide bonds. The van der Waals surface area contributed by atoms with Gasteiger partial charge in [-0.15, -0.1) is 0 Å². The molecular weight excluding hydrogens is 294 g/mol. The van der Waals surface area contributed by atoms with Crippen LogP contribution in [0.25, 0.3) is 11.2 Å². The Labute approximate surface area is 135 Å². The smallest absolute Gasteiger partial charge is 0.245 e. The van der Waals surface area contributed by atoms with Gasteiger partial charge in [0.2, 0.25) is 11.8 Å². The van der Waals surface area contributed by atoms with E-state index in [2.05, 4.69) is 25.3 Å². The highest BCUT2D eigenvalue weighted by molar-refractivity contribution is 5.76. The van der Waals surface area contributed by atoms with Gasteiger partial charge in [-0.05, 0) is 25.2 Å². The molecule has 1 saturated carbocycles. The Morgan fingerprint density at radius 1 is 1.35 bits per heavy atom. The Bertz CT molecular complexity index is 620. The minimum atomic E-state index is -0.0717. The van der Waals surface area contributed by atoms with Crippen LogP contribution in [0, 0.1) is 5.92 Å². The molecule has 3 N–H and O–H groups in total. The monoisotopic (exact) mass is 319 g/mol. The lowest BCUT2D eigenvalue weighted by molar-refractivity contribution is 0.204. The molecule has 0 radical (unpaired) electrons. The molecule has 0 spiro atoms. The predicted octanol–water partition coefficient (Wildman–Crippen LogP) is 2.49. The molecule has 1 fully saturated rings. The zero-order valence-corrected chi connectivity index (χ0v) is 13.6. The van der Waals surface area contributed by atoms with E-state index in [1.54, 1.807) is 6.33 Å². The number of nitrogens with one attached hydrogen (secondary N) is 2. The zero-order valence-electron chi connectivity index (χ0n) is 13.6. The standard InChI is InChI=1S/C16H25N5O2/c1-2-12(8-22)19-16-20-14-13(17-10-18-14)15(21-16)23-9-11-6-4-3-5-7-11/h10-12,22H,2-9H2,1H3,(H2,17,18,19,20,21)/t12-/m1/s1. The Balaban J connectivity index is 1.75. The predicted molar refractivity (Wildman–Crippen MR) is 88.5 cm³/mol. The molecule has 7 heteroatoms. The van der Waals surface area contributed by atoms with Crippen LogP contribution >= 0.6 is 0 Å². The Morgan fingerprint density at radius 2 is 2.17 bits per heavy atom. The lowest BCUT2D eigenvalue weighted by Crippen LogP contribution is -2.24. The van der Waals surface area contributed by atoms with Crippen LogP contribution in [0.15, 0.2) is 6.33 Å². The largest absolute Gasteiger partial charge is 0.476 e. The molecule has 7 nitrogen and oxygen atoms in total. The summed E-state index contributed by atoms with van der Waals surface area (Å²) in [6.07, 6.45) is 8.76. The second-order valence-electron chi connectivity index (χ2n) is 6.20. The summed E-state index contributed by atoms with van der Waals surface area (Å²) in [6, 6.07) is -0.0717. The minimum Gasteiger partial charge on any atom is -0.476 e. The van der Waals surface area contributed by atoms with E-state index in [1.165, 1.54) is 32.1 Å². The van der Waals surface area contributed by atoms with Crippen molar-refractivity contribution in [2.45, 2.75) is 51.5 Å². The lowest BCUT2D eigenvalue weighted by atomic mass is 9.90. The number of aromatic nitrogens is 4. The molecule has 0 aliphatic heterocycles. The SMILES string of the molecule is CC[C@H](CO)Nc1nc(OCC2CCCCC2)c2[nH]cnc2n1. The van der Waals surface area contributed by atoms with Crippen molar-refractivity contribution in [2.24, 2.45) is 5.92 Å². The van der Waals surface area contributed by atoms with Gasteiger partial charge in [0.05, 0.1) is 25.6 Å². The number of aromatic amines is 1. The van der Waals surface area contributed by atoms with Gasteiger partial charge in [-0.3, -0.25) is 0 Å². The summed E-state index contributed by atoms with van der Waals surface area (Å²) in [4.78, 5) is 16.1. The van der Waals surface area contributed by atoms with Crippen LogP contribution in [-0.4, -0.2) is 44.3 Å². The molecule has 2 aromatic rings. The molecule has 0 bridgehead atoms. The third-order valence-corrected chi connectivity index (χ3v) is 4.48. The topological polar surface area (TPSA) is 95.9 Å². The number of H-pyrrole nitrogens is 1. The number of rotatable bonds is 7. The van der Waals surface area contributed by atoms with E-state index in [-0.39, 0.29) is 12.6 Å². The number of anilines is 1. The fourth-order valence-electron chi connectivity index (χ4n) is 2.99. The molecule has 1 atom stereocenters. The molecule has 3 rings (SSSR count). The minimum absolute atomic E-state index is 0.0384. The van der Waals surface area contributed by atoms with Crippen LogP contribution in [0.1, 0.15) is 45.4 Å². The van der Waals surface area contributed by atoms with E-state index in [0.29, 0.717) is 30.0 Å². The lowest BCUT2D eigenvalue weighted by Gasteiger charge is -2.21.